The third-order valence-corrected chi connectivity index (χ3v) is 3.79. The molecule has 116 valence electrons. The molecule has 1 aromatic rings. The average molecular weight is 301 g/mol. The summed E-state index contributed by atoms with van der Waals surface area (Å²) in [5.41, 5.74) is 4.03. The van der Waals surface area contributed by atoms with Gasteiger partial charge in [-0.2, -0.15) is 13.2 Å². The summed E-state index contributed by atoms with van der Waals surface area (Å²) in [6, 6.07) is 3.55. The molecule has 2 rings (SSSR count). The Morgan fingerprint density at radius 2 is 2.05 bits per heavy atom. The fraction of sp³-hybridized carbons (Fsp3) is 0.500. The molecule has 7 heteroatoms. The number of hydrogen-bond donors (Lipinski definition) is 1. The van der Waals surface area contributed by atoms with E-state index in [4.69, 9.17) is 5.73 Å². The first kappa shape index (κ1) is 15.6. The Morgan fingerprint density at radius 1 is 1.38 bits per heavy atom. The summed E-state index contributed by atoms with van der Waals surface area (Å²) in [7, 11) is 3.84. The van der Waals surface area contributed by atoms with E-state index in [0.717, 1.165) is 18.6 Å². The van der Waals surface area contributed by atoms with Gasteiger partial charge in [-0.3, -0.25) is 4.79 Å². The molecule has 2 N–H and O–H groups in total. The summed E-state index contributed by atoms with van der Waals surface area (Å²) in [5.74, 6) is -0.384. The Bertz CT molecular complexity index is 543. The minimum atomic E-state index is -4.56. The fourth-order valence-corrected chi connectivity index (χ4v) is 2.47. The zero-order valence-corrected chi connectivity index (χ0v) is 11.9. The Hall–Kier alpha value is -1.76. The Kier molecular flexibility index (Phi) is 4.13. The number of alkyl halides is 3. The summed E-state index contributed by atoms with van der Waals surface area (Å²) in [6.07, 6.45) is -3.74. The van der Waals surface area contributed by atoms with Crippen molar-refractivity contribution in [1.82, 2.24) is 9.80 Å². The zero-order valence-electron chi connectivity index (χ0n) is 11.9. The van der Waals surface area contributed by atoms with Crippen LogP contribution in [0.3, 0.4) is 0 Å². The number of carbonyl (C=O) groups is 1. The number of hydrogen-bond acceptors (Lipinski definition) is 3. The maximum absolute atomic E-state index is 12.8. The van der Waals surface area contributed by atoms with Crippen LogP contribution in [0.5, 0.6) is 0 Å². The van der Waals surface area contributed by atoms with Crippen molar-refractivity contribution in [3.63, 3.8) is 0 Å². The molecular weight excluding hydrogens is 283 g/mol. The van der Waals surface area contributed by atoms with Gasteiger partial charge in [-0.05, 0) is 38.7 Å². The van der Waals surface area contributed by atoms with E-state index >= 15 is 0 Å². The lowest BCUT2D eigenvalue weighted by atomic mass is 10.1. The second kappa shape index (κ2) is 5.55. The molecule has 1 aliphatic rings. The van der Waals surface area contributed by atoms with Crippen LogP contribution in [-0.4, -0.2) is 48.9 Å². The van der Waals surface area contributed by atoms with Crippen LogP contribution < -0.4 is 5.73 Å². The smallest absolute Gasteiger partial charge is 0.398 e. The predicted octanol–water partition coefficient (Wildman–Crippen LogP) is 2.06. The van der Waals surface area contributed by atoms with Crippen LogP contribution in [0.25, 0.3) is 0 Å². The SMILES string of the molecule is CN(C)C1CCN(C(=O)c2ccc(N)c(C(F)(F)F)c2)C1. The first-order chi connectivity index (χ1) is 9.70. The van der Waals surface area contributed by atoms with Crippen LogP contribution in [0.15, 0.2) is 18.2 Å². The molecule has 1 heterocycles. The molecule has 4 nitrogen and oxygen atoms in total. The first-order valence-electron chi connectivity index (χ1n) is 6.62. The number of likely N-dealkylation sites (tertiary alicyclic amines) is 1. The molecule has 0 saturated carbocycles. The van der Waals surface area contributed by atoms with Crippen molar-refractivity contribution in [1.29, 1.82) is 0 Å². The van der Waals surface area contributed by atoms with Crippen molar-refractivity contribution in [2.75, 3.05) is 32.9 Å². The van der Waals surface area contributed by atoms with Crippen molar-refractivity contribution < 1.29 is 18.0 Å². The lowest BCUT2D eigenvalue weighted by Crippen LogP contribution is -2.34. The van der Waals surface area contributed by atoms with Gasteiger partial charge in [0.1, 0.15) is 0 Å². The van der Waals surface area contributed by atoms with Crippen molar-refractivity contribution in [2.45, 2.75) is 18.6 Å². The maximum atomic E-state index is 12.8. The monoisotopic (exact) mass is 301 g/mol. The van der Waals surface area contributed by atoms with Crippen LogP contribution >= 0.6 is 0 Å². The lowest BCUT2D eigenvalue weighted by molar-refractivity contribution is -0.136. The molecular formula is C14H18F3N3O. The Balaban J connectivity index is 2.21. The second-order valence-electron chi connectivity index (χ2n) is 5.46. The van der Waals surface area contributed by atoms with E-state index < -0.39 is 11.7 Å². The number of nitrogens with two attached hydrogens (primary N) is 1. The number of amides is 1. The topological polar surface area (TPSA) is 49.6 Å². The molecule has 1 saturated heterocycles. The largest absolute Gasteiger partial charge is 0.418 e. The molecule has 1 aliphatic heterocycles. The van der Waals surface area contributed by atoms with Gasteiger partial charge in [-0.1, -0.05) is 0 Å². The highest BCUT2D eigenvalue weighted by atomic mass is 19.4. The third-order valence-electron chi connectivity index (χ3n) is 3.79. The van der Waals surface area contributed by atoms with Gasteiger partial charge in [0.25, 0.3) is 5.91 Å². The molecule has 1 atom stereocenters. The third kappa shape index (κ3) is 3.29. The standard InChI is InChI=1S/C14H18F3N3O/c1-19(2)10-5-6-20(8-10)13(21)9-3-4-12(18)11(7-9)14(15,16)17/h3-4,7,10H,5-6,8,18H2,1-2H3. The molecule has 0 aromatic heterocycles. The Morgan fingerprint density at radius 3 is 2.57 bits per heavy atom. The quantitative estimate of drug-likeness (QED) is 0.851. The highest BCUT2D eigenvalue weighted by Crippen LogP contribution is 2.34. The number of likely N-dealkylation sites (N-methyl/N-ethyl adjacent to an activating group) is 1. The maximum Gasteiger partial charge on any atom is 0.418 e. The van der Waals surface area contributed by atoms with Gasteiger partial charge in [0.05, 0.1) is 5.56 Å². The number of rotatable bonds is 2. The van der Waals surface area contributed by atoms with Gasteiger partial charge in [0, 0.05) is 30.4 Å². The minimum Gasteiger partial charge on any atom is -0.398 e. The predicted molar refractivity (Wildman–Crippen MR) is 73.9 cm³/mol. The van der Waals surface area contributed by atoms with Crippen LogP contribution in [0.2, 0.25) is 0 Å². The number of halogens is 3. The molecule has 21 heavy (non-hydrogen) atoms. The lowest BCUT2D eigenvalue weighted by Gasteiger charge is -2.21. The van der Waals surface area contributed by atoms with Gasteiger partial charge >= 0.3 is 6.18 Å². The molecule has 1 fully saturated rings. The van der Waals surface area contributed by atoms with Crippen LogP contribution in [0.4, 0.5) is 18.9 Å². The van der Waals surface area contributed by atoms with E-state index in [2.05, 4.69) is 0 Å². The number of carbonyl (C=O) groups excluding carboxylic acids is 1. The van der Waals surface area contributed by atoms with Gasteiger partial charge in [0.2, 0.25) is 0 Å². The van der Waals surface area contributed by atoms with Crippen molar-refractivity contribution >= 4 is 11.6 Å². The molecule has 1 amide bonds. The van der Waals surface area contributed by atoms with Crippen LogP contribution in [-0.2, 0) is 6.18 Å². The van der Waals surface area contributed by atoms with Gasteiger partial charge in [-0.15, -0.1) is 0 Å². The van der Waals surface area contributed by atoms with E-state index in [-0.39, 0.29) is 23.2 Å². The van der Waals surface area contributed by atoms with Crippen LogP contribution in [0.1, 0.15) is 22.3 Å². The first-order valence-corrected chi connectivity index (χ1v) is 6.62. The summed E-state index contributed by atoms with van der Waals surface area (Å²) < 4.78 is 38.5. The zero-order chi connectivity index (χ0) is 15.8. The average Bonchev–Trinajstić information content (AvgIpc) is 2.86. The van der Waals surface area contributed by atoms with E-state index in [1.807, 2.05) is 19.0 Å². The number of nitrogen functional groups attached to an aromatic ring is 1. The number of anilines is 1. The van der Waals surface area contributed by atoms with Gasteiger partial charge in [-0.25, -0.2) is 0 Å². The van der Waals surface area contributed by atoms with Crippen molar-refractivity contribution in [2.24, 2.45) is 0 Å². The molecule has 0 aliphatic carbocycles. The summed E-state index contributed by atoms with van der Waals surface area (Å²) in [6.45, 7) is 1.07. The normalized spacial score (nSPS) is 19.3. The van der Waals surface area contributed by atoms with Gasteiger partial charge < -0.3 is 15.5 Å². The Labute approximate surface area is 121 Å². The highest BCUT2D eigenvalue weighted by Gasteiger charge is 2.34. The molecule has 1 aromatic carbocycles. The van der Waals surface area contributed by atoms with E-state index in [0.29, 0.717) is 13.1 Å². The van der Waals surface area contributed by atoms with E-state index in [1.165, 1.54) is 6.07 Å². The molecule has 0 spiro atoms. The summed E-state index contributed by atoms with van der Waals surface area (Å²) in [4.78, 5) is 15.9. The minimum absolute atomic E-state index is 0.0240. The number of nitrogens with zero attached hydrogens (tertiary/aromatic N) is 2. The summed E-state index contributed by atoms with van der Waals surface area (Å²) in [5, 5.41) is 0. The highest BCUT2D eigenvalue weighted by molar-refractivity contribution is 5.95. The van der Waals surface area contributed by atoms with E-state index in [9.17, 15) is 18.0 Å². The number of benzene rings is 1. The molecule has 1 unspecified atom stereocenters. The van der Waals surface area contributed by atoms with Crippen LogP contribution in [0, 0.1) is 0 Å². The van der Waals surface area contributed by atoms with E-state index in [1.54, 1.807) is 4.90 Å². The van der Waals surface area contributed by atoms with Crippen molar-refractivity contribution in [3.8, 4) is 0 Å². The second-order valence-corrected chi connectivity index (χ2v) is 5.46. The molecule has 0 radical (unpaired) electrons. The van der Waals surface area contributed by atoms with Crippen molar-refractivity contribution in [3.05, 3.63) is 29.3 Å². The summed E-state index contributed by atoms with van der Waals surface area (Å²) >= 11 is 0. The fourth-order valence-electron chi connectivity index (χ4n) is 2.47. The molecule has 0 bridgehead atoms. The van der Waals surface area contributed by atoms with Gasteiger partial charge in [0.15, 0.2) is 0 Å².